The molecule has 2 heterocycles. The lowest BCUT2D eigenvalue weighted by Gasteiger charge is -2.41. The molecule has 2 aliphatic rings. The molecule has 4 amide bonds. The Kier molecular flexibility index (Phi) is 5.67. The molecule has 2 aliphatic heterocycles. The molecule has 1 unspecified atom stereocenters. The minimum Gasteiger partial charge on any atom is -0.339 e. The summed E-state index contributed by atoms with van der Waals surface area (Å²) in [5, 5.41) is 5.18. The third kappa shape index (κ3) is 4.00. The van der Waals surface area contributed by atoms with Gasteiger partial charge in [-0.2, -0.15) is 0 Å². The molecule has 0 aliphatic carbocycles. The summed E-state index contributed by atoms with van der Waals surface area (Å²) in [6.07, 6.45) is 2.37. The van der Waals surface area contributed by atoms with E-state index in [-0.39, 0.29) is 17.4 Å². The number of rotatable bonds is 5. The molecule has 28 heavy (non-hydrogen) atoms. The maximum Gasteiger partial charge on any atom is 0.322 e. The van der Waals surface area contributed by atoms with Crippen LogP contribution in [0, 0.1) is 23.5 Å². The number of amides is 4. The zero-order valence-electron chi connectivity index (χ0n) is 16.1. The number of hydrogen-bond acceptors (Lipinski definition) is 3. The second-order valence-electron chi connectivity index (χ2n) is 8.04. The Bertz CT molecular complexity index is 771. The van der Waals surface area contributed by atoms with Crippen molar-refractivity contribution in [1.29, 1.82) is 0 Å². The highest BCUT2D eigenvalue weighted by Gasteiger charge is 2.52. The molecule has 6 nitrogen and oxygen atoms in total. The van der Waals surface area contributed by atoms with Crippen LogP contribution in [0.3, 0.4) is 0 Å². The van der Waals surface area contributed by atoms with Gasteiger partial charge in [0.1, 0.15) is 17.2 Å². The van der Waals surface area contributed by atoms with E-state index in [4.69, 9.17) is 0 Å². The Hall–Kier alpha value is -2.51. The molecular weight excluding hydrogens is 368 g/mol. The fourth-order valence-corrected chi connectivity index (χ4v) is 4.12. The highest BCUT2D eigenvalue weighted by molar-refractivity contribution is 6.07. The largest absolute Gasteiger partial charge is 0.339 e. The summed E-state index contributed by atoms with van der Waals surface area (Å²) < 4.78 is 26.8. The topological polar surface area (TPSA) is 78.5 Å². The zero-order chi connectivity index (χ0) is 20.5. The predicted molar refractivity (Wildman–Crippen MR) is 98.5 cm³/mol. The molecule has 2 saturated heterocycles. The summed E-state index contributed by atoms with van der Waals surface area (Å²) in [7, 11) is 0. The number of nitrogens with zero attached hydrogens (tertiary/aromatic N) is 1. The van der Waals surface area contributed by atoms with Crippen molar-refractivity contribution in [3.8, 4) is 0 Å². The zero-order valence-corrected chi connectivity index (χ0v) is 16.1. The van der Waals surface area contributed by atoms with E-state index >= 15 is 0 Å². The number of likely N-dealkylation sites (tertiary alicyclic amines) is 1. The summed E-state index contributed by atoms with van der Waals surface area (Å²) in [4.78, 5) is 38.5. The van der Waals surface area contributed by atoms with E-state index in [1.165, 1.54) is 4.90 Å². The molecule has 0 spiro atoms. The van der Waals surface area contributed by atoms with Gasteiger partial charge in [-0.3, -0.25) is 14.9 Å². The van der Waals surface area contributed by atoms with Gasteiger partial charge in [0.15, 0.2) is 0 Å². The first-order valence-corrected chi connectivity index (χ1v) is 9.60. The Labute approximate surface area is 162 Å². The standard InChI is InChI=1S/C20H25F2N3O3/c1-12(2)3-6-20(18(27)23-19(28)24-20)14-4-7-25(8-5-14)17(26)13-9-15(21)11-16(22)10-13/h9-12,14H,3-8H2,1-2H3,(H2,23,24,27,28). The van der Waals surface area contributed by atoms with Crippen molar-refractivity contribution in [3.05, 3.63) is 35.4 Å². The lowest BCUT2D eigenvalue weighted by atomic mass is 9.74. The molecule has 1 aromatic carbocycles. The van der Waals surface area contributed by atoms with Gasteiger partial charge < -0.3 is 10.2 Å². The van der Waals surface area contributed by atoms with Gasteiger partial charge in [0, 0.05) is 24.7 Å². The van der Waals surface area contributed by atoms with Crippen molar-refractivity contribution in [1.82, 2.24) is 15.5 Å². The van der Waals surface area contributed by atoms with Gasteiger partial charge in [-0.15, -0.1) is 0 Å². The van der Waals surface area contributed by atoms with Crippen molar-refractivity contribution in [2.45, 2.75) is 45.1 Å². The third-order valence-corrected chi connectivity index (χ3v) is 5.67. The average Bonchev–Trinajstić information content (AvgIpc) is 2.93. The van der Waals surface area contributed by atoms with E-state index in [1.54, 1.807) is 0 Å². The van der Waals surface area contributed by atoms with Crippen LogP contribution in [0.5, 0.6) is 0 Å². The molecule has 0 bridgehead atoms. The highest BCUT2D eigenvalue weighted by Crippen LogP contribution is 2.35. The number of nitrogens with one attached hydrogen (secondary N) is 2. The van der Waals surface area contributed by atoms with Gasteiger partial charge in [-0.1, -0.05) is 13.8 Å². The van der Waals surface area contributed by atoms with Crippen LogP contribution in [0.2, 0.25) is 0 Å². The maximum atomic E-state index is 13.4. The van der Waals surface area contributed by atoms with Crippen molar-refractivity contribution in [2.75, 3.05) is 13.1 Å². The Morgan fingerprint density at radius 3 is 2.29 bits per heavy atom. The van der Waals surface area contributed by atoms with Crippen LogP contribution >= 0.6 is 0 Å². The molecule has 2 N–H and O–H groups in total. The second kappa shape index (κ2) is 7.85. The number of urea groups is 1. The molecule has 1 aromatic rings. The first-order valence-electron chi connectivity index (χ1n) is 9.60. The van der Waals surface area contributed by atoms with E-state index in [0.29, 0.717) is 38.3 Å². The van der Waals surface area contributed by atoms with Crippen molar-refractivity contribution in [3.63, 3.8) is 0 Å². The number of piperidine rings is 1. The van der Waals surface area contributed by atoms with E-state index in [1.807, 2.05) is 0 Å². The SMILES string of the molecule is CC(C)CCC1(C2CCN(C(=O)c3cc(F)cc(F)c3)CC2)NC(=O)NC1=O. The lowest BCUT2D eigenvalue weighted by Crippen LogP contribution is -2.56. The Balaban J connectivity index is 1.71. The van der Waals surface area contributed by atoms with Crippen LogP contribution in [0.1, 0.15) is 49.9 Å². The van der Waals surface area contributed by atoms with Gasteiger partial charge in [-0.05, 0) is 49.7 Å². The van der Waals surface area contributed by atoms with E-state index < -0.39 is 29.1 Å². The van der Waals surface area contributed by atoms with Gasteiger partial charge in [-0.25, -0.2) is 13.6 Å². The molecule has 0 saturated carbocycles. The number of carbonyl (C=O) groups excluding carboxylic acids is 3. The molecule has 1 atom stereocenters. The normalized spacial score (nSPS) is 23.1. The minimum absolute atomic E-state index is 0.0302. The minimum atomic E-state index is -0.957. The molecular formula is C20H25F2N3O3. The van der Waals surface area contributed by atoms with Crippen LogP contribution in [-0.4, -0.2) is 41.4 Å². The van der Waals surface area contributed by atoms with E-state index in [9.17, 15) is 23.2 Å². The predicted octanol–water partition coefficient (Wildman–Crippen LogP) is 2.83. The van der Waals surface area contributed by atoms with Gasteiger partial charge in [0.25, 0.3) is 11.8 Å². The van der Waals surface area contributed by atoms with E-state index in [0.717, 1.165) is 24.6 Å². The average molecular weight is 393 g/mol. The van der Waals surface area contributed by atoms with Gasteiger partial charge in [0.05, 0.1) is 0 Å². The first kappa shape index (κ1) is 20.2. The van der Waals surface area contributed by atoms with Crippen LogP contribution in [0.15, 0.2) is 18.2 Å². The maximum absolute atomic E-state index is 13.4. The van der Waals surface area contributed by atoms with Crippen LogP contribution in [-0.2, 0) is 4.79 Å². The quantitative estimate of drug-likeness (QED) is 0.755. The smallest absolute Gasteiger partial charge is 0.322 e. The highest BCUT2D eigenvalue weighted by atomic mass is 19.1. The van der Waals surface area contributed by atoms with Crippen molar-refractivity contribution >= 4 is 17.8 Å². The summed E-state index contributed by atoms with van der Waals surface area (Å²) in [6.45, 7) is 4.83. The number of carbonyl (C=O) groups is 3. The van der Waals surface area contributed by atoms with Crippen LogP contribution in [0.4, 0.5) is 13.6 Å². The summed E-state index contributed by atoms with van der Waals surface area (Å²) >= 11 is 0. The second-order valence-corrected chi connectivity index (χ2v) is 8.04. The van der Waals surface area contributed by atoms with Gasteiger partial charge >= 0.3 is 6.03 Å². The molecule has 152 valence electrons. The number of hydrogen-bond donors (Lipinski definition) is 2. The molecule has 3 rings (SSSR count). The number of imide groups is 1. The lowest BCUT2D eigenvalue weighted by molar-refractivity contribution is -0.127. The summed E-state index contributed by atoms with van der Waals surface area (Å²) in [5.74, 6) is -2.06. The number of halogens is 2. The molecule has 0 aromatic heterocycles. The number of benzene rings is 1. The Morgan fingerprint density at radius 2 is 1.79 bits per heavy atom. The monoisotopic (exact) mass is 393 g/mol. The Morgan fingerprint density at radius 1 is 1.18 bits per heavy atom. The first-order chi connectivity index (χ1) is 13.2. The molecule has 2 fully saturated rings. The van der Waals surface area contributed by atoms with Gasteiger partial charge in [0.2, 0.25) is 0 Å². The fraction of sp³-hybridized carbons (Fsp3) is 0.550. The van der Waals surface area contributed by atoms with Crippen LogP contribution in [0.25, 0.3) is 0 Å². The summed E-state index contributed by atoms with van der Waals surface area (Å²) in [6, 6.07) is 2.28. The van der Waals surface area contributed by atoms with Crippen LogP contribution < -0.4 is 10.6 Å². The van der Waals surface area contributed by atoms with Crippen molar-refractivity contribution in [2.24, 2.45) is 11.8 Å². The third-order valence-electron chi connectivity index (χ3n) is 5.67. The summed E-state index contributed by atoms with van der Waals surface area (Å²) in [5.41, 5.74) is -0.987. The molecule has 8 heteroatoms. The fourth-order valence-electron chi connectivity index (χ4n) is 4.12. The van der Waals surface area contributed by atoms with E-state index in [2.05, 4.69) is 24.5 Å². The van der Waals surface area contributed by atoms with Crippen molar-refractivity contribution < 1.29 is 23.2 Å². The molecule has 0 radical (unpaired) electrons.